The number of aliphatic carboxylic acids is 1. The monoisotopic (exact) mass is 563 g/mol. The molecule has 218 valence electrons. The first-order chi connectivity index (χ1) is 19.0. The van der Waals surface area contributed by atoms with E-state index in [2.05, 4.69) is 10.6 Å². The molecule has 0 aliphatic carbocycles. The number of rotatable bonds is 17. The number of hydrogen-bond donors (Lipinski definition) is 6. The molecular weight excluding hydrogens is 530 g/mol. The van der Waals surface area contributed by atoms with Crippen LogP contribution in [0.3, 0.4) is 0 Å². The topological polar surface area (TPSA) is 216 Å². The number of aromatic hydroxyl groups is 1. The van der Waals surface area contributed by atoms with Crippen LogP contribution in [-0.4, -0.2) is 75.1 Å². The summed E-state index contributed by atoms with van der Waals surface area (Å²) in [5.74, 6) is -5.90. The fourth-order valence-corrected chi connectivity index (χ4v) is 4.07. The van der Waals surface area contributed by atoms with Gasteiger partial charge in [-0.1, -0.05) is 33.1 Å². The molecule has 0 fully saturated rings. The number of aromatic carboxylic acids is 1. The number of unbranched alkanes of at least 4 members (excludes halogenated alkanes) is 2. The maximum absolute atomic E-state index is 12.9. The number of carbonyl (C=O) groups is 5. The third kappa shape index (κ3) is 8.46. The highest BCUT2D eigenvalue weighted by Gasteiger charge is 2.30. The molecule has 2 atom stereocenters. The average Bonchev–Trinajstić information content (AvgIpc) is 3.41. The third-order valence-electron chi connectivity index (χ3n) is 6.07. The number of phenols is 1. The van der Waals surface area contributed by atoms with E-state index in [1.165, 1.54) is 12.1 Å². The zero-order chi connectivity index (χ0) is 29.8. The highest BCUT2D eigenvalue weighted by atomic mass is 16.5. The van der Waals surface area contributed by atoms with E-state index < -0.39 is 53.6 Å². The highest BCUT2D eigenvalue weighted by molar-refractivity contribution is 5.95. The molecule has 0 aliphatic rings. The molecule has 6 N–H and O–H groups in total. The zero-order valence-corrected chi connectivity index (χ0v) is 22.1. The summed E-state index contributed by atoms with van der Waals surface area (Å²) in [7, 11) is 0. The smallest absolute Gasteiger partial charge is 0.341 e. The first-order valence-corrected chi connectivity index (χ1v) is 12.6. The van der Waals surface area contributed by atoms with Crippen LogP contribution in [0.2, 0.25) is 0 Å². The Kier molecular flexibility index (Phi) is 12.0. The van der Waals surface area contributed by atoms with Gasteiger partial charge in [-0.25, -0.2) is 14.7 Å². The van der Waals surface area contributed by atoms with Gasteiger partial charge in [-0.2, -0.15) is 0 Å². The maximum atomic E-state index is 12.9. The van der Waals surface area contributed by atoms with Gasteiger partial charge in [0, 0.05) is 0 Å². The molecule has 2 aromatic rings. The Bertz CT molecular complexity index is 1210. The molecule has 0 spiro atoms. The van der Waals surface area contributed by atoms with Gasteiger partial charge in [0.15, 0.2) is 12.4 Å². The third-order valence-corrected chi connectivity index (χ3v) is 6.07. The molecule has 2 rings (SSSR count). The van der Waals surface area contributed by atoms with E-state index in [0.29, 0.717) is 24.3 Å². The molecule has 1 heterocycles. The van der Waals surface area contributed by atoms with Gasteiger partial charge < -0.3 is 35.1 Å². The summed E-state index contributed by atoms with van der Waals surface area (Å²) in [5.41, 5.74) is -0.727. The van der Waals surface area contributed by atoms with Crippen molar-refractivity contribution in [3.05, 3.63) is 35.6 Å². The van der Waals surface area contributed by atoms with Crippen LogP contribution in [0.25, 0.3) is 11.3 Å². The summed E-state index contributed by atoms with van der Waals surface area (Å²) in [5, 5.41) is 44.0. The SMILES string of the molecule is CCCCCC(C(=O)NCNC(=O)c1ccc(-c2cc(OCC(=O)O)cc(C(=O)O)c2O)o1)[C@@H](CC)N(O)C=O. The molecule has 0 saturated carbocycles. The molecule has 0 saturated heterocycles. The normalized spacial score (nSPS) is 12.2. The van der Waals surface area contributed by atoms with Crippen LogP contribution in [0.1, 0.15) is 66.9 Å². The number of hydrogen-bond acceptors (Lipinski definition) is 9. The number of amides is 3. The molecule has 14 heteroatoms. The number of hydroxylamine groups is 2. The first kappa shape index (κ1) is 31.6. The van der Waals surface area contributed by atoms with Gasteiger partial charge in [0.1, 0.15) is 22.8 Å². The Morgan fingerprint density at radius 2 is 1.82 bits per heavy atom. The number of ether oxygens (including phenoxy) is 1. The Labute approximate surface area is 229 Å². The summed E-state index contributed by atoms with van der Waals surface area (Å²) in [6.45, 7) is 2.68. The lowest BCUT2D eigenvalue weighted by molar-refractivity contribution is -0.168. The average molecular weight is 564 g/mol. The van der Waals surface area contributed by atoms with E-state index in [1.807, 2.05) is 6.92 Å². The van der Waals surface area contributed by atoms with E-state index in [1.54, 1.807) is 6.92 Å². The van der Waals surface area contributed by atoms with Crippen molar-refractivity contribution in [3.8, 4) is 22.8 Å². The number of nitrogens with zero attached hydrogens (tertiary/aromatic N) is 1. The predicted molar refractivity (Wildman–Crippen MR) is 138 cm³/mol. The minimum Gasteiger partial charge on any atom is -0.506 e. The molecule has 14 nitrogen and oxygen atoms in total. The highest BCUT2D eigenvalue weighted by Crippen LogP contribution is 2.37. The number of carboxylic acids is 2. The lowest BCUT2D eigenvalue weighted by Crippen LogP contribution is -2.47. The summed E-state index contributed by atoms with van der Waals surface area (Å²) in [6, 6.07) is 3.92. The Hall–Kier alpha value is -4.59. The Morgan fingerprint density at radius 3 is 2.42 bits per heavy atom. The van der Waals surface area contributed by atoms with Gasteiger partial charge in [0.2, 0.25) is 12.3 Å². The van der Waals surface area contributed by atoms with Gasteiger partial charge in [-0.3, -0.25) is 19.6 Å². The van der Waals surface area contributed by atoms with Crippen LogP contribution in [0.15, 0.2) is 28.7 Å². The van der Waals surface area contributed by atoms with Crippen LogP contribution in [0.5, 0.6) is 11.5 Å². The van der Waals surface area contributed by atoms with Crippen molar-refractivity contribution >= 4 is 30.2 Å². The van der Waals surface area contributed by atoms with Gasteiger partial charge >= 0.3 is 11.9 Å². The second kappa shape index (κ2) is 15.1. The van der Waals surface area contributed by atoms with Crippen molar-refractivity contribution < 1.29 is 53.7 Å². The number of carbonyl (C=O) groups excluding carboxylic acids is 3. The first-order valence-electron chi connectivity index (χ1n) is 12.6. The fourth-order valence-electron chi connectivity index (χ4n) is 4.07. The van der Waals surface area contributed by atoms with Crippen LogP contribution < -0.4 is 15.4 Å². The van der Waals surface area contributed by atoms with E-state index in [0.717, 1.165) is 25.0 Å². The van der Waals surface area contributed by atoms with Crippen molar-refractivity contribution in [3.63, 3.8) is 0 Å². The number of carboxylic acid groups (broad SMARTS) is 2. The van der Waals surface area contributed by atoms with Crippen LogP contribution in [-0.2, 0) is 14.4 Å². The molecule has 1 aromatic heterocycles. The van der Waals surface area contributed by atoms with E-state index in [9.17, 15) is 39.4 Å². The summed E-state index contributed by atoms with van der Waals surface area (Å²) >= 11 is 0. The number of furan rings is 1. The van der Waals surface area contributed by atoms with Crippen LogP contribution >= 0.6 is 0 Å². The predicted octanol–water partition coefficient (Wildman–Crippen LogP) is 2.44. The van der Waals surface area contributed by atoms with Crippen molar-refractivity contribution in [2.24, 2.45) is 5.92 Å². The van der Waals surface area contributed by atoms with Gasteiger partial charge in [0.25, 0.3) is 5.91 Å². The summed E-state index contributed by atoms with van der Waals surface area (Å²) in [6.07, 6.45) is 3.49. The quantitative estimate of drug-likeness (QED) is 0.0540. The molecular formula is C26H33N3O11. The number of benzene rings is 1. The zero-order valence-electron chi connectivity index (χ0n) is 22.1. The van der Waals surface area contributed by atoms with Gasteiger partial charge in [0.05, 0.1) is 24.2 Å². The Morgan fingerprint density at radius 1 is 1.10 bits per heavy atom. The van der Waals surface area contributed by atoms with E-state index in [4.69, 9.17) is 14.3 Å². The lowest BCUT2D eigenvalue weighted by atomic mass is 9.90. The largest absolute Gasteiger partial charge is 0.506 e. The van der Waals surface area contributed by atoms with Crippen molar-refractivity contribution in [2.75, 3.05) is 13.3 Å². The second-order valence-electron chi connectivity index (χ2n) is 8.81. The van der Waals surface area contributed by atoms with E-state index in [-0.39, 0.29) is 35.9 Å². The minimum absolute atomic E-state index is 0.103. The molecule has 1 unspecified atom stereocenters. The molecule has 3 amide bonds. The molecule has 40 heavy (non-hydrogen) atoms. The standard InChI is InChI=1S/C26H33N3O11/c1-3-5-6-7-16(19(4-2)29(38)14-30)24(34)27-13-28-25(35)21-9-8-20(40-21)17-10-15(39-12-22(31)32)11-18(23(17)33)26(36)37/h8-11,14,16,19,33,38H,3-7,12-13H2,1-2H3,(H,27,34)(H,28,35)(H,31,32)(H,36,37)/t16?,19-/m1/s1. The van der Waals surface area contributed by atoms with Gasteiger partial charge in [-0.05, 0) is 37.1 Å². The van der Waals surface area contributed by atoms with Crippen molar-refractivity contribution in [2.45, 2.75) is 52.0 Å². The maximum Gasteiger partial charge on any atom is 0.341 e. The summed E-state index contributed by atoms with van der Waals surface area (Å²) < 4.78 is 10.5. The molecule has 1 aromatic carbocycles. The molecule has 0 aliphatic heterocycles. The second-order valence-corrected chi connectivity index (χ2v) is 8.81. The fraction of sp³-hybridized carbons (Fsp3) is 0.423. The van der Waals surface area contributed by atoms with Crippen molar-refractivity contribution in [1.29, 1.82) is 0 Å². The molecule has 0 radical (unpaired) electrons. The minimum atomic E-state index is -1.50. The molecule has 0 bridgehead atoms. The van der Waals surface area contributed by atoms with E-state index >= 15 is 0 Å². The lowest BCUT2D eigenvalue weighted by Gasteiger charge is -2.29. The summed E-state index contributed by atoms with van der Waals surface area (Å²) in [4.78, 5) is 58.9. The van der Waals surface area contributed by atoms with Crippen molar-refractivity contribution in [1.82, 2.24) is 15.7 Å². The number of nitrogens with one attached hydrogen (secondary N) is 2. The van der Waals surface area contributed by atoms with Gasteiger partial charge in [-0.15, -0.1) is 0 Å². The van der Waals surface area contributed by atoms with Crippen LogP contribution in [0.4, 0.5) is 0 Å². The van der Waals surface area contributed by atoms with Crippen LogP contribution in [0, 0.1) is 5.92 Å². The Balaban J connectivity index is 2.13.